The molecule has 0 spiro atoms. The Balaban J connectivity index is 1.70. The van der Waals surface area contributed by atoms with Crippen LogP contribution in [0.25, 0.3) is 0 Å². The predicted molar refractivity (Wildman–Crippen MR) is 115 cm³/mol. The molecule has 1 aromatic carbocycles. The number of nitrogens with one attached hydrogen (secondary N) is 2. The van der Waals surface area contributed by atoms with Crippen molar-refractivity contribution in [3.63, 3.8) is 0 Å². The molecule has 166 valence electrons. The average Bonchev–Trinajstić information content (AvgIpc) is 2.72. The second-order valence-corrected chi connectivity index (χ2v) is 7.79. The number of rotatable bonds is 10. The molecule has 2 N–H and O–H groups in total. The van der Waals surface area contributed by atoms with Gasteiger partial charge in [0.05, 0.1) is 19.7 Å². The molecule has 8 heteroatoms. The van der Waals surface area contributed by atoms with Crippen molar-refractivity contribution in [3.05, 3.63) is 29.8 Å². The topological polar surface area (TPSA) is 91.0 Å². The molecule has 0 bridgehead atoms. The van der Waals surface area contributed by atoms with Gasteiger partial charge in [0.2, 0.25) is 11.8 Å². The molecule has 0 radical (unpaired) electrons. The minimum absolute atomic E-state index is 0.00109. The van der Waals surface area contributed by atoms with Crippen LogP contribution in [-0.4, -0.2) is 79.4 Å². The maximum Gasteiger partial charge on any atom is 0.251 e. The lowest BCUT2D eigenvalue weighted by molar-refractivity contribution is -0.132. The van der Waals surface area contributed by atoms with Crippen LogP contribution in [0.4, 0.5) is 0 Å². The van der Waals surface area contributed by atoms with Crippen LogP contribution < -0.4 is 15.4 Å². The maximum atomic E-state index is 12.4. The molecule has 2 rings (SSSR count). The molecule has 0 atom stereocenters. The Kier molecular flexibility index (Phi) is 9.60. The summed E-state index contributed by atoms with van der Waals surface area (Å²) < 4.78 is 5.59. The van der Waals surface area contributed by atoms with E-state index >= 15 is 0 Å². The molecule has 3 amide bonds. The molecular weight excluding hydrogens is 384 g/mol. The van der Waals surface area contributed by atoms with Crippen molar-refractivity contribution < 1.29 is 19.1 Å². The van der Waals surface area contributed by atoms with Crippen LogP contribution in [0.15, 0.2) is 24.3 Å². The zero-order chi connectivity index (χ0) is 21.9. The molecule has 0 aromatic heterocycles. The van der Waals surface area contributed by atoms with E-state index in [4.69, 9.17) is 4.74 Å². The Bertz CT molecular complexity index is 698. The molecule has 0 saturated carbocycles. The van der Waals surface area contributed by atoms with Gasteiger partial charge in [-0.15, -0.1) is 0 Å². The van der Waals surface area contributed by atoms with Gasteiger partial charge < -0.3 is 20.3 Å². The van der Waals surface area contributed by atoms with Crippen molar-refractivity contribution in [3.8, 4) is 5.75 Å². The quantitative estimate of drug-likeness (QED) is 0.559. The molecule has 1 saturated heterocycles. The SMILES string of the molecule is CCCCOc1ccc(C(=O)NCC(=O)N2CCN(CC(=O)NC(C)C)CC2)cc1. The molecule has 1 heterocycles. The Morgan fingerprint density at radius 1 is 1.07 bits per heavy atom. The summed E-state index contributed by atoms with van der Waals surface area (Å²) in [6.07, 6.45) is 2.06. The summed E-state index contributed by atoms with van der Waals surface area (Å²) in [7, 11) is 0. The highest BCUT2D eigenvalue weighted by molar-refractivity contribution is 5.96. The minimum Gasteiger partial charge on any atom is -0.494 e. The van der Waals surface area contributed by atoms with Gasteiger partial charge in [-0.3, -0.25) is 19.3 Å². The van der Waals surface area contributed by atoms with E-state index in [2.05, 4.69) is 17.6 Å². The van der Waals surface area contributed by atoms with Gasteiger partial charge in [-0.25, -0.2) is 0 Å². The van der Waals surface area contributed by atoms with Gasteiger partial charge in [-0.05, 0) is 44.5 Å². The minimum atomic E-state index is -0.285. The highest BCUT2D eigenvalue weighted by Gasteiger charge is 2.22. The van der Waals surface area contributed by atoms with Gasteiger partial charge >= 0.3 is 0 Å². The molecular formula is C22H34N4O4. The lowest BCUT2D eigenvalue weighted by Gasteiger charge is -2.34. The average molecular weight is 419 g/mol. The third-order valence-corrected chi connectivity index (χ3v) is 4.83. The summed E-state index contributed by atoms with van der Waals surface area (Å²) in [4.78, 5) is 40.3. The van der Waals surface area contributed by atoms with E-state index in [1.54, 1.807) is 29.2 Å². The second kappa shape index (κ2) is 12.2. The molecule has 0 aliphatic carbocycles. The van der Waals surface area contributed by atoms with Crippen molar-refractivity contribution in [2.75, 3.05) is 45.9 Å². The van der Waals surface area contributed by atoms with E-state index in [9.17, 15) is 14.4 Å². The van der Waals surface area contributed by atoms with Crippen LogP contribution in [-0.2, 0) is 9.59 Å². The highest BCUT2D eigenvalue weighted by Crippen LogP contribution is 2.12. The molecule has 1 aromatic rings. The van der Waals surface area contributed by atoms with Crippen LogP contribution in [0.1, 0.15) is 44.0 Å². The van der Waals surface area contributed by atoms with Crippen LogP contribution in [0.2, 0.25) is 0 Å². The summed E-state index contributed by atoms with van der Waals surface area (Å²) in [5.74, 6) is 0.330. The number of benzene rings is 1. The number of ether oxygens (including phenoxy) is 1. The van der Waals surface area contributed by atoms with Gasteiger partial charge in [0.25, 0.3) is 5.91 Å². The van der Waals surface area contributed by atoms with Crippen LogP contribution in [0, 0.1) is 0 Å². The smallest absolute Gasteiger partial charge is 0.251 e. The largest absolute Gasteiger partial charge is 0.494 e. The molecule has 1 aliphatic heterocycles. The van der Waals surface area contributed by atoms with Gasteiger partial charge in [0.1, 0.15) is 5.75 Å². The number of piperazine rings is 1. The molecule has 0 unspecified atom stereocenters. The fourth-order valence-electron chi connectivity index (χ4n) is 3.13. The van der Waals surface area contributed by atoms with E-state index in [0.717, 1.165) is 18.6 Å². The van der Waals surface area contributed by atoms with E-state index in [1.165, 1.54) is 0 Å². The van der Waals surface area contributed by atoms with Gasteiger partial charge in [-0.2, -0.15) is 0 Å². The first-order valence-electron chi connectivity index (χ1n) is 10.7. The zero-order valence-corrected chi connectivity index (χ0v) is 18.3. The van der Waals surface area contributed by atoms with Crippen molar-refractivity contribution in [2.24, 2.45) is 0 Å². The van der Waals surface area contributed by atoms with Crippen molar-refractivity contribution in [2.45, 2.75) is 39.7 Å². The molecule has 30 heavy (non-hydrogen) atoms. The van der Waals surface area contributed by atoms with Crippen LogP contribution in [0.3, 0.4) is 0 Å². The predicted octanol–water partition coefficient (Wildman–Crippen LogP) is 1.26. The first-order chi connectivity index (χ1) is 14.4. The van der Waals surface area contributed by atoms with E-state index in [1.807, 2.05) is 18.7 Å². The van der Waals surface area contributed by atoms with Crippen LogP contribution in [0.5, 0.6) is 5.75 Å². The second-order valence-electron chi connectivity index (χ2n) is 7.79. The lowest BCUT2D eigenvalue weighted by atomic mass is 10.2. The number of nitrogens with zero attached hydrogens (tertiary/aromatic N) is 2. The fourth-order valence-corrected chi connectivity index (χ4v) is 3.13. The Hall–Kier alpha value is -2.61. The summed E-state index contributed by atoms with van der Waals surface area (Å²) in [5, 5.41) is 5.56. The molecule has 1 fully saturated rings. The first kappa shape index (κ1) is 23.7. The Morgan fingerprint density at radius 2 is 1.73 bits per heavy atom. The molecule has 1 aliphatic rings. The number of amides is 3. The first-order valence-corrected chi connectivity index (χ1v) is 10.7. The maximum absolute atomic E-state index is 12.4. The summed E-state index contributed by atoms with van der Waals surface area (Å²) in [5.41, 5.74) is 0.492. The summed E-state index contributed by atoms with van der Waals surface area (Å²) in [6.45, 7) is 9.31. The normalized spacial score (nSPS) is 14.5. The van der Waals surface area contributed by atoms with Gasteiger partial charge in [0.15, 0.2) is 0 Å². The fraction of sp³-hybridized carbons (Fsp3) is 0.591. The third-order valence-electron chi connectivity index (χ3n) is 4.83. The van der Waals surface area contributed by atoms with E-state index in [0.29, 0.717) is 44.9 Å². The van der Waals surface area contributed by atoms with Crippen molar-refractivity contribution >= 4 is 17.7 Å². The van der Waals surface area contributed by atoms with E-state index < -0.39 is 0 Å². The standard InChI is InChI=1S/C22H34N4O4/c1-4-5-14-30-19-8-6-18(7-9-19)22(29)23-15-21(28)26-12-10-25(11-13-26)16-20(27)24-17(2)3/h6-9,17H,4-5,10-16H2,1-3H3,(H,23,29)(H,24,27). The van der Waals surface area contributed by atoms with Gasteiger partial charge in [0, 0.05) is 37.8 Å². The number of unbranched alkanes of at least 4 members (excludes halogenated alkanes) is 1. The number of hydrogen-bond acceptors (Lipinski definition) is 5. The highest BCUT2D eigenvalue weighted by atomic mass is 16.5. The van der Waals surface area contributed by atoms with Crippen molar-refractivity contribution in [1.82, 2.24) is 20.4 Å². The molecule has 8 nitrogen and oxygen atoms in total. The summed E-state index contributed by atoms with van der Waals surface area (Å²) in [6, 6.07) is 7.04. The number of carbonyl (C=O) groups is 3. The van der Waals surface area contributed by atoms with E-state index in [-0.39, 0.29) is 30.3 Å². The number of carbonyl (C=O) groups excluding carboxylic acids is 3. The number of hydrogen-bond donors (Lipinski definition) is 2. The Morgan fingerprint density at radius 3 is 2.33 bits per heavy atom. The zero-order valence-electron chi connectivity index (χ0n) is 18.3. The van der Waals surface area contributed by atoms with Gasteiger partial charge in [-0.1, -0.05) is 13.3 Å². The van der Waals surface area contributed by atoms with Crippen molar-refractivity contribution in [1.29, 1.82) is 0 Å². The lowest BCUT2D eigenvalue weighted by Crippen LogP contribution is -2.53. The summed E-state index contributed by atoms with van der Waals surface area (Å²) >= 11 is 0. The monoisotopic (exact) mass is 418 g/mol. The third kappa shape index (κ3) is 8.02. The Labute approximate surface area is 178 Å². The van der Waals surface area contributed by atoms with Crippen LogP contribution >= 0.6 is 0 Å².